The lowest BCUT2D eigenvalue weighted by Gasteiger charge is -2.26. The molecule has 0 saturated carbocycles. The number of hydrogen-bond acceptors (Lipinski definition) is 5. The Bertz CT molecular complexity index is 1050. The van der Waals surface area contributed by atoms with E-state index in [0.717, 1.165) is 19.6 Å². The summed E-state index contributed by atoms with van der Waals surface area (Å²) >= 11 is 0. The zero-order chi connectivity index (χ0) is 21.6. The van der Waals surface area contributed by atoms with E-state index in [4.69, 9.17) is 9.47 Å². The van der Waals surface area contributed by atoms with Crippen molar-refractivity contribution in [3.8, 4) is 5.75 Å². The second-order valence-electron chi connectivity index (χ2n) is 7.21. The van der Waals surface area contributed by atoms with Crippen molar-refractivity contribution in [2.24, 2.45) is 0 Å². The summed E-state index contributed by atoms with van der Waals surface area (Å²) in [7, 11) is 0. The molecule has 162 valence electrons. The van der Waals surface area contributed by atoms with Gasteiger partial charge in [0.1, 0.15) is 29.5 Å². The van der Waals surface area contributed by atoms with Crippen molar-refractivity contribution in [3.63, 3.8) is 0 Å². The summed E-state index contributed by atoms with van der Waals surface area (Å²) < 4.78 is 38.8. The topological polar surface area (TPSA) is 63.7 Å². The van der Waals surface area contributed by atoms with Crippen LogP contribution in [-0.4, -0.2) is 55.2 Å². The van der Waals surface area contributed by atoms with Crippen LogP contribution >= 0.6 is 0 Å². The van der Waals surface area contributed by atoms with Gasteiger partial charge in [0.2, 0.25) is 0 Å². The first kappa shape index (κ1) is 21.1. The number of benzene rings is 2. The number of nitrogens with one attached hydrogen (secondary N) is 1. The number of nitrogens with zero attached hydrogens (tertiary/aromatic N) is 2. The summed E-state index contributed by atoms with van der Waals surface area (Å²) in [5.41, 5.74) is 0.770. The molecule has 8 heteroatoms. The van der Waals surface area contributed by atoms with Crippen molar-refractivity contribution in [1.29, 1.82) is 0 Å². The number of morpholine rings is 1. The van der Waals surface area contributed by atoms with Crippen LogP contribution in [0.2, 0.25) is 0 Å². The fraction of sp³-hybridized carbons (Fsp3) is 0.304. The molecule has 4 rings (SSSR count). The lowest BCUT2D eigenvalue weighted by Crippen LogP contribution is -2.41. The second-order valence-corrected chi connectivity index (χ2v) is 7.21. The number of carbonyl (C=O) groups is 1. The third kappa shape index (κ3) is 4.98. The van der Waals surface area contributed by atoms with Crippen molar-refractivity contribution >= 4 is 16.8 Å². The normalized spacial score (nSPS) is 14.5. The smallest absolute Gasteiger partial charge is 0.252 e. The van der Waals surface area contributed by atoms with Gasteiger partial charge in [-0.25, -0.2) is 8.78 Å². The molecule has 1 saturated heterocycles. The Balaban J connectivity index is 1.47. The molecular formula is C23H23F2N3O3. The van der Waals surface area contributed by atoms with Crippen molar-refractivity contribution in [1.82, 2.24) is 15.2 Å². The Morgan fingerprint density at radius 2 is 1.84 bits per heavy atom. The van der Waals surface area contributed by atoms with Gasteiger partial charge < -0.3 is 14.8 Å². The molecule has 0 spiro atoms. The van der Waals surface area contributed by atoms with Crippen molar-refractivity contribution in [2.75, 3.05) is 39.4 Å². The van der Waals surface area contributed by atoms with Crippen molar-refractivity contribution < 1.29 is 23.0 Å². The van der Waals surface area contributed by atoms with Gasteiger partial charge in [0.05, 0.1) is 24.3 Å². The van der Waals surface area contributed by atoms with E-state index in [1.165, 1.54) is 24.4 Å². The van der Waals surface area contributed by atoms with Gasteiger partial charge in [-0.15, -0.1) is 0 Å². The molecule has 0 atom stereocenters. The van der Waals surface area contributed by atoms with Gasteiger partial charge in [0.15, 0.2) is 0 Å². The van der Waals surface area contributed by atoms with Gasteiger partial charge in [-0.05, 0) is 24.3 Å². The Morgan fingerprint density at radius 1 is 1.10 bits per heavy atom. The Hall–Kier alpha value is -3.10. The van der Waals surface area contributed by atoms with E-state index >= 15 is 0 Å². The zero-order valence-electron chi connectivity index (χ0n) is 16.9. The largest absolute Gasteiger partial charge is 0.486 e. The summed E-state index contributed by atoms with van der Waals surface area (Å²) in [5, 5.41) is 3.55. The number of para-hydroxylation sites is 1. The van der Waals surface area contributed by atoms with Gasteiger partial charge in [-0.2, -0.15) is 0 Å². The van der Waals surface area contributed by atoms with E-state index in [1.54, 1.807) is 24.3 Å². The summed E-state index contributed by atoms with van der Waals surface area (Å²) in [6, 6.07) is 10.5. The Labute approximate surface area is 178 Å². The highest BCUT2D eigenvalue weighted by Gasteiger charge is 2.16. The number of halogens is 2. The molecule has 1 N–H and O–H groups in total. The molecule has 6 nitrogen and oxygen atoms in total. The lowest BCUT2D eigenvalue weighted by atomic mass is 10.1. The van der Waals surface area contributed by atoms with Crippen LogP contribution in [-0.2, 0) is 11.3 Å². The number of pyridine rings is 1. The molecule has 0 aliphatic carbocycles. The summed E-state index contributed by atoms with van der Waals surface area (Å²) in [4.78, 5) is 19.3. The van der Waals surface area contributed by atoms with E-state index in [1.807, 2.05) is 0 Å². The predicted octanol–water partition coefficient (Wildman–Crippen LogP) is 3.15. The first-order valence-corrected chi connectivity index (χ1v) is 10.1. The number of aromatic nitrogens is 1. The molecular weight excluding hydrogens is 404 g/mol. The summed E-state index contributed by atoms with van der Waals surface area (Å²) in [6.07, 6.45) is 1.52. The number of ether oxygens (including phenoxy) is 2. The maximum absolute atomic E-state index is 13.9. The van der Waals surface area contributed by atoms with Crippen LogP contribution in [0.5, 0.6) is 5.75 Å². The maximum Gasteiger partial charge on any atom is 0.252 e. The molecule has 1 fully saturated rings. The van der Waals surface area contributed by atoms with Crippen LogP contribution in [0.1, 0.15) is 15.9 Å². The molecule has 0 unspecified atom stereocenters. The van der Waals surface area contributed by atoms with Gasteiger partial charge in [0.25, 0.3) is 5.91 Å². The first-order valence-electron chi connectivity index (χ1n) is 10.1. The standard InChI is InChI=1S/C23H23F2N3O3/c24-19-4-2-5-20(25)18(19)15-31-21-6-1-3-16-17(7-8-26-22(16)21)23(29)27-9-10-28-11-13-30-14-12-28/h1-8H,9-15H2,(H,27,29). The minimum absolute atomic E-state index is 0.156. The van der Waals surface area contributed by atoms with Crippen molar-refractivity contribution in [3.05, 3.63) is 71.4 Å². The fourth-order valence-corrected chi connectivity index (χ4v) is 3.53. The molecule has 1 aromatic heterocycles. The average molecular weight is 427 g/mol. The number of amides is 1. The van der Waals surface area contributed by atoms with E-state index in [0.29, 0.717) is 42.0 Å². The van der Waals surface area contributed by atoms with E-state index in [9.17, 15) is 13.6 Å². The monoisotopic (exact) mass is 427 g/mol. The molecule has 31 heavy (non-hydrogen) atoms. The van der Waals surface area contributed by atoms with Gasteiger partial charge in [0, 0.05) is 37.8 Å². The number of hydrogen-bond donors (Lipinski definition) is 1. The SMILES string of the molecule is O=C(NCCN1CCOCC1)c1ccnc2c(OCc3c(F)cccc3F)cccc12. The Morgan fingerprint density at radius 3 is 2.61 bits per heavy atom. The zero-order valence-corrected chi connectivity index (χ0v) is 16.9. The van der Waals surface area contributed by atoms with Crippen LogP contribution in [0.15, 0.2) is 48.7 Å². The maximum atomic E-state index is 13.9. The van der Waals surface area contributed by atoms with Crippen LogP contribution in [0, 0.1) is 11.6 Å². The molecule has 1 aliphatic heterocycles. The van der Waals surface area contributed by atoms with Gasteiger partial charge in [-0.1, -0.05) is 18.2 Å². The number of rotatable bonds is 7. The fourth-order valence-electron chi connectivity index (χ4n) is 3.53. The first-order chi connectivity index (χ1) is 15.1. The highest BCUT2D eigenvalue weighted by Crippen LogP contribution is 2.27. The molecule has 3 aromatic rings. The quantitative estimate of drug-likeness (QED) is 0.628. The molecule has 2 aromatic carbocycles. The number of carbonyl (C=O) groups excluding carboxylic acids is 1. The molecule has 1 amide bonds. The van der Waals surface area contributed by atoms with E-state index in [2.05, 4.69) is 15.2 Å². The highest BCUT2D eigenvalue weighted by atomic mass is 19.1. The molecule has 0 radical (unpaired) electrons. The van der Waals surface area contributed by atoms with E-state index < -0.39 is 11.6 Å². The van der Waals surface area contributed by atoms with Crippen LogP contribution < -0.4 is 10.1 Å². The minimum Gasteiger partial charge on any atom is -0.486 e. The minimum atomic E-state index is -0.673. The average Bonchev–Trinajstić information content (AvgIpc) is 2.79. The number of fused-ring (bicyclic) bond motifs is 1. The van der Waals surface area contributed by atoms with Gasteiger partial charge in [-0.3, -0.25) is 14.7 Å². The van der Waals surface area contributed by atoms with Crippen LogP contribution in [0.25, 0.3) is 10.9 Å². The van der Waals surface area contributed by atoms with Gasteiger partial charge >= 0.3 is 0 Å². The summed E-state index contributed by atoms with van der Waals surface area (Å²) in [6.45, 7) is 4.13. The molecule has 2 heterocycles. The third-order valence-electron chi connectivity index (χ3n) is 5.23. The second kappa shape index (κ2) is 9.80. The van der Waals surface area contributed by atoms with E-state index in [-0.39, 0.29) is 18.1 Å². The Kier molecular flexibility index (Phi) is 6.69. The van der Waals surface area contributed by atoms with Crippen LogP contribution in [0.3, 0.4) is 0 Å². The third-order valence-corrected chi connectivity index (χ3v) is 5.23. The van der Waals surface area contributed by atoms with Crippen LogP contribution in [0.4, 0.5) is 8.78 Å². The highest BCUT2D eigenvalue weighted by molar-refractivity contribution is 6.07. The molecule has 0 bridgehead atoms. The predicted molar refractivity (Wildman–Crippen MR) is 112 cm³/mol. The van der Waals surface area contributed by atoms with Crippen molar-refractivity contribution in [2.45, 2.75) is 6.61 Å². The lowest BCUT2D eigenvalue weighted by molar-refractivity contribution is 0.0383. The molecule has 1 aliphatic rings. The summed E-state index contributed by atoms with van der Waals surface area (Å²) in [5.74, 6) is -1.21.